The Balaban J connectivity index is 1.62. The van der Waals surface area contributed by atoms with Gasteiger partial charge >= 0.3 is 0 Å². The predicted octanol–water partition coefficient (Wildman–Crippen LogP) is 2.63. The largest absolute Gasteiger partial charge is 0.507 e. The van der Waals surface area contributed by atoms with Crippen LogP contribution in [-0.4, -0.2) is 47.4 Å². The first-order chi connectivity index (χ1) is 14.0. The minimum Gasteiger partial charge on any atom is -0.507 e. The van der Waals surface area contributed by atoms with Gasteiger partial charge in [0.2, 0.25) is 12.1 Å². The molecular weight excluding hydrogens is 376 g/mol. The van der Waals surface area contributed by atoms with E-state index in [1.165, 1.54) is 24.3 Å². The quantitative estimate of drug-likeness (QED) is 0.644. The second kappa shape index (κ2) is 6.43. The predicted molar refractivity (Wildman–Crippen MR) is 101 cm³/mol. The third kappa shape index (κ3) is 2.66. The first-order valence-corrected chi connectivity index (χ1v) is 9.34. The van der Waals surface area contributed by atoms with Gasteiger partial charge in [-0.3, -0.25) is 9.59 Å². The van der Waals surface area contributed by atoms with E-state index in [9.17, 15) is 19.8 Å². The van der Waals surface area contributed by atoms with Crippen molar-refractivity contribution in [1.82, 2.24) is 0 Å². The summed E-state index contributed by atoms with van der Waals surface area (Å²) >= 11 is 0. The molecule has 0 bridgehead atoms. The summed E-state index contributed by atoms with van der Waals surface area (Å²) in [4.78, 5) is 26.3. The molecule has 0 amide bonds. The highest BCUT2D eigenvalue weighted by molar-refractivity contribution is 6.31. The lowest BCUT2D eigenvalue weighted by Gasteiger charge is -2.30. The second-order valence-corrected chi connectivity index (χ2v) is 7.33. The fourth-order valence-electron chi connectivity index (χ4n) is 4.15. The van der Waals surface area contributed by atoms with Crippen molar-refractivity contribution in [3.05, 3.63) is 63.7 Å². The van der Waals surface area contributed by atoms with Gasteiger partial charge < -0.3 is 24.4 Å². The van der Waals surface area contributed by atoms with Crippen LogP contribution in [0.1, 0.15) is 43.8 Å². The SMILES string of the molecule is Cc1cc(O)c2c(c1)C(=O)c1c(O)ccc(OC3OCCC4OCC=C43)c1C2=O. The summed E-state index contributed by atoms with van der Waals surface area (Å²) in [7, 11) is 0. The van der Waals surface area contributed by atoms with E-state index in [0.29, 0.717) is 18.8 Å². The maximum Gasteiger partial charge on any atom is 0.225 e. The summed E-state index contributed by atoms with van der Waals surface area (Å²) < 4.78 is 17.3. The lowest BCUT2D eigenvalue weighted by atomic mass is 9.82. The molecule has 2 heterocycles. The van der Waals surface area contributed by atoms with Crippen LogP contribution in [0.4, 0.5) is 0 Å². The highest BCUT2D eigenvalue weighted by Gasteiger charge is 2.39. The van der Waals surface area contributed by atoms with Gasteiger partial charge in [-0.2, -0.15) is 0 Å². The number of rotatable bonds is 2. The molecule has 7 heteroatoms. The number of ketones is 2. The maximum atomic E-state index is 13.2. The molecule has 3 aliphatic rings. The van der Waals surface area contributed by atoms with E-state index < -0.39 is 17.9 Å². The van der Waals surface area contributed by atoms with Crippen LogP contribution in [0.3, 0.4) is 0 Å². The number of aromatic hydroxyl groups is 2. The van der Waals surface area contributed by atoms with Crippen LogP contribution < -0.4 is 4.74 Å². The average molecular weight is 394 g/mol. The summed E-state index contributed by atoms with van der Waals surface area (Å²) in [6, 6.07) is 5.70. The Kier molecular flexibility index (Phi) is 3.97. The zero-order valence-electron chi connectivity index (χ0n) is 15.6. The minimum atomic E-state index is -0.749. The molecule has 0 aromatic heterocycles. The molecule has 7 nitrogen and oxygen atoms in total. The van der Waals surface area contributed by atoms with Crippen molar-refractivity contribution < 1.29 is 34.0 Å². The lowest BCUT2D eigenvalue weighted by Crippen LogP contribution is -2.35. The molecule has 0 spiro atoms. The van der Waals surface area contributed by atoms with Gasteiger partial charge in [-0.15, -0.1) is 0 Å². The van der Waals surface area contributed by atoms with E-state index in [2.05, 4.69) is 0 Å². The maximum absolute atomic E-state index is 13.2. The Morgan fingerprint density at radius 2 is 1.83 bits per heavy atom. The number of fused-ring (bicyclic) bond motifs is 3. The third-order valence-electron chi connectivity index (χ3n) is 5.48. The number of phenols is 2. The molecule has 1 aliphatic carbocycles. The molecule has 2 aromatic rings. The monoisotopic (exact) mass is 394 g/mol. The number of ether oxygens (including phenoxy) is 3. The third-order valence-corrected chi connectivity index (χ3v) is 5.48. The number of carbonyl (C=O) groups excluding carboxylic acids is 2. The van der Waals surface area contributed by atoms with Crippen LogP contribution in [0.2, 0.25) is 0 Å². The zero-order chi connectivity index (χ0) is 20.3. The number of hydrogen-bond acceptors (Lipinski definition) is 7. The van der Waals surface area contributed by atoms with Crippen LogP contribution in [0.25, 0.3) is 0 Å². The Hall–Kier alpha value is -3.16. The van der Waals surface area contributed by atoms with Gasteiger partial charge in [-0.05, 0) is 36.8 Å². The van der Waals surface area contributed by atoms with Gasteiger partial charge in [0.1, 0.15) is 17.2 Å². The summed E-state index contributed by atoms with van der Waals surface area (Å²) in [5, 5.41) is 20.7. The molecule has 5 rings (SSSR count). The minimum absolute atomic E-state index is 0.0633. The number of carbonyl (C=O) groups is 2. The van der Waals surface area contributed by atoms with Crippen molar-refractivity contribution in [1.29, 1.82) is 0 Å². The molecule has 2 aromatic carbocycles. The van der Waals surface area contributed by atoms with E-state index in [-0.39, 0.29) is 45.6 Å². The van der Waals surface area contributed by atoms with Gasteiger partial charge in [-0.25, -0.2) is 0 Å². The molecule has 0 radical (unpaired) electrons. The van der Waals surface area contributed by atoms with E-state index in [1.54, 1.807) is 6.92 Å². The Bertz CT molecular complexity index is 1100. The fourth-order valence-corrected chi connectivity index (χ4v) is 4.15. The first kappa shape index (κ1) is 17.9. The molecule has 1 fully saturated rings. The van der Waals surface area contributed by atoms with Gasteiger partial charge in [0.15, 0.2) is 5.78 Å². The van der Waals surface area contributed by atoms with Gasteiger partial charge in [0.05, 0.1) is 36.0 Å². The van der Waals surface area contributed by atoms with Crippen molar-refractivity contribution in [3.8, 4) is 17.2 Å². The van der Waals surface area contributed by atoms with Crippen LogP contribution >= 0.6 is 0 Å². The first-order valence-electron chi connectivity index (χ1n) is 9.34. The van der Waals surface area contributed by atoms with Crippen molar-refractivity contribution in [2.24, 2.45) is 0 Å². The molecule has 0 saturated carbocycles. The number of hydrogen-bond donors (Lipinski definition) is 2. The van der Waals surface area contributed by atoms with Gasteiger partial charge in [0.25, 0.3) is 0 Å². The van der Waals surface area contributed by atoms with E-state index in [1.807, 2.05) is 6.08 Å². The molecule has 2 aliphatic heterocycles. The Morgan fingerprint density at radius 1 is 1.00 bits per heavy atom. The number of benzene rings is 2. The number of phenolic OH excluding ortho intramolecular Hbond substituents is 2. The summed E-state index contributed by atoms with van der Waals surface area (Å²) in [5.41, 5.74) is 1.24. The molecule has 29 heavy (non-hydrogen) atoms. The second-order valence-electron chi connectivity index (χ2n) is 7.33. The smallest absolute Gasteiger partial charge is 0.225 e. The molecule has 2 N–H and O–H groups in total. The van der Waals surface area contributed by atoms with E-state index in [0.717, 1.165) is 12.0 Å². The topological polar surface area (TPSA) is 102 Å². The standard InChI is InChI=1S/C22H18O7/c1-10-8-12-17(14(24)9-10)21(26)19-16(3-2-13(23)18(19)20(12)25)29-22-11-4-6-27-15(11)5-7-28-22/h2-4,8-9,15,22-24H,5-7H2,1H3. The normalized spacial score (nSPS) is 22.6. The lowest BCUT2D eigenvalue weighted by molar-refractivity contribution is -0.0968. The van der Waals surface area contributed by atoms with E-state index in [4.69, 9.17) is 14.2 Å². The molecule has 1 saturated heterocycles. The average Bonchev–Trinajstić information content (AvgIpc) is 3.16. The van der Waals surface area contributed by atoms with Gasteiger partial charge in [0, 0.05) is 17.6 Å². The van der Waals surface area contributed by atoms with Crippen LogP contribution in [0.15, 0.2) is 35.9 Å². The summed E-state index contributed by atoms with van der Waals surface area (Å²) in [5.74, 6) is -1.60. The number of aryl methyl sites for hydroxylation is 1. The Morgan fingerprint density at radius 3 is 2.66 bits per heavy atom. The van der Waals surface area contributed by atoms with Crippen molar-refractivity contribution in [3.63, 3.8) is 0 Å². The Labute approximate surface area is 166 Å². The van der Waals surface area contributed by atoms with Gasteiger partial charge in [-0.1, -0.05) is 6.08 Å². The van der Waals surface area contributed by atoms with Crippen LogP contribution in [0.5, 0.6) is 17.2 Å². The molecule has 2 unspecified atom stereocenters. The fraction of sp³-hybridized carbons (Fsp3) is 0.273. The van der Waals surface area contributed by atoms with Crippen molar-refractivity contribution >= 4 is 11.6 Å². The molecular formula is C22H18O7. The van der Waals surface area contributed by atoms with Crippen molar-refractivity contribution in [2.45, 2.75) is 25.7 Å². The van der Waals surface area contributed by atoms with Crippen LogP contribution in [0, 0.1) is 6.92 Å². The van der Waals surface area contributed by atoms with Crippen LogP contribution in [-0.2, 0) is 9.47 Å². The molecule has 148 valence electrons. The summed E-state index contributed by atoms with van der Waals surface area (Å²) in [6.07, 6.45) is 1.77. The van der Waals surface area contributed by atoms with Crippen molar-refractivity contribution in [2.75, 3.05) is 13.2 Å². The zero-order valence-corrected chi connectivity index (χ0v) is 15.6. The molecule has 2 atom stereocenters. The highest BCUT2D eigenvalue weighted by atomic mass is 16.7. The van der Waals surface area contributed by atoms with E-state index >= 15 is 0 Å². The highest BCUT2D eigenvalue weighted by Crippen LogP contribution is 2.42. The summed E-state index contributed by atoms with van der Waals surface area (Å²) in [6.45, 7) is 2.61.